The van der Waals surface area contributed by atoms with Crippen molar-refractivity contribution >= 4 is 35.7 Å². The maximum atomic E-state index is 11.4. The fraction of sp³-hybridized carbons (Fsp3) is 0.0714. The summed E-state index contributed by atoms with van der Waals surface area (Å²) in [5.74, 6) is -1.39. The molecule has 5 nitrogen and oxygen atoms in total. The van der Waals surface area contributed by atoms with E-state index in [9.17, 15) is 14.4 Å². The minimum Gasteiger partial charge on any atom is -0.273 e. The number of rotatable bonds is 3. The molecule has 0 aliphatic carbocycles. The van der Waals surface area contributed by atoms with E-state index in [0.717, 1.165) is 10.5 Å². The van der Waals surface area contributed by atoms with Crippen molar-refractivity contribution in [2.75, 3.05) is 6.26 Å². The highest BCUT2D eigenvalue weighted by atomic mass is 32.2. The number of hydrogen-bond acceptors (Lipinski definition) is 4. The first-order chi connectivity index (χ1) is 9.60. The molecule has 1 fully saturated rings. The van der Waals surface area contributed by atoms with Gasteiger partial charge in [0.25, 0.3) is 11.8 Å². The van der Waals surface area contributed by atoms with Crippen molar-refractivity contribution in [3.05, 3.63) is 47.6 Å². The van der Waals surface area contributed by atoms with E-state index < -0.39 is 17.8 Å². The summed E-state index contributed by atoms with van der Waals surface area (Å²) in [7, 11) is 0. The number of imide groups is 2. The minimum absolute atomic E-state index is 0.0958. The van der Waals surface area contributed by atoms with Gasteiger partial charge >= 0.3 is 6.03 Å². The van der Waals surface area contributed by atoms with E-state index in [-0.39, 0.29) is 5.57 Å². The molecule has 2 rings (SSSR count). The standard InChI is InChI=1S/C14H12N2O3S/c1-20-10-7-5-9(6-8-10)3-2-4-11-12(17)15-14(19)16-13(11)18/h2-8H,1H3,(H2,15,16,17,18,19)/b3-2+. The third-order valence-electron chi connectivity index (χ3n) is 2.61. The molecule has 0 radical (unpaired) electrons. The van der Waals surface area contributed by atoms with Gasteiger partial charge in [-0.15, -0.1) is 11.8 Å². The van der Waals surface area contributed by atoms with Crippen LogP contribution in [0, 0.1) is 0 Å². The van der Waals surface area contributed by atoms with E-state index in [1.807, 2.05) is 41.2 Å². The summed E-state index contributed by atoms with van der Waals surface area (Å²) in [6.07, 6.45) is 6.74. The Bertz CT molecular complexity index is 596. The van der Waals surface area contributed by atoms with Gasteiger partial charge in [0.2, 0.25) is 0 Å². The Hall–Kier alpha value is -2.34. The molecule has 1 heterocycles. The third-order valence-corrected chi connectivity index (χ3v) is 3.35. The van der Waals surface area contributed by atoms with Crippen molar-refractivity contribution in [3.63, 3.8) is 0 Å². The molecule has 1 saturated heterocycles. The number of carbonyl (C=O) groups excluding carboxylic acids is 3. The van der Waals surface area contributed by atoms with Gasteiger partial charge in [-0.1, -0.05) is 24.3 Å². The molecule has 0 bridgehead atoms. The Kier molecular flexibility index (Phi) is 4.37. The largest absolute Gasteiger partial charge is 0.328 e. The summed E-state index contributed by atoms with van der Waals surface area (Å²) >= 11 is 1.65. The summed E-state index contributed by atoms with van der Waals surface area (Å²) in [5, 5.41) is 4.02. The lowest BCUT2D eigenvalue weighted by molar-refractivity contribution is -0.124. The molecule has 0 aromatic heterocycles. The lowest BCUT2D eigenvalue weighted by Crippen LogP contribution is -2.51. The van der Waals surface area contributed by atoms with Crippen LogP contribution < -0.4 is 10.6 Å². The monoisotopic (exact) mass is 288 g/mol. The summed E-state index contributed by atoms with van der Waals surface area (Å²) in [6, 6.07) is 7.04. The number of thioether (sulfide) groups is 1. The van der Waals surface area contributed by atoms with Gasteiger partial charge in [-0.25, -0.2) is 4.79 Å². The molecular formula is C14H12N2O3S. The van der Waals surface area contributed by atoms with Gasteiger partial charge in [0.1, 0.15) is 5.57 Å². The van der Waals surface area contributed by atoms with Crippen LogP contribution in [-0.4, -0.2) is 24.1 Å². The summed E-state index contributed by atoms with van der Waals surface area (Å²) in [5.41, 5.74) is 0.855. The van der Waals surface area contributed by atoms with Crippen LogP contribution in [0.1, 0.15) is 5.56 Å². The van der Waals surface area contributed by atoms with Crippen LogP contribution >= 0.6 is 11.8 Å². The average molecular weight is 288 g/mol. The van der Waals surface area contributed by atoms with Crippen LogP contribution in [0.15, 0.2) is 46.9 Å². The molecule has 20 heavy (non-hydrogen) atoms. The molecule has 102 valence electrons. The van der Waals surface area contributed by atoms with Gasteiger partial charge in [0.05, 0.1) is 0 Å². The highest BCUT2D eigenvalue weighted by Crippen LogP contribution is 2.15. The molecule has 2 N–H and O–H groups in total. The van der Waals surface area contributed by atoms with Crippen molar-refractivity contribution in [2.24, 2.45) is 0 Å². The van der Waals surface area contributed by atoms with E-state index in [4.69, 9.17) is 0 Å². The topological polar surface area (TPSA) is 75.3 Å². The fourth-order valence-electron chi connectivity index (χ4n) is 1.60. The van der Waals surface area contributed by atoms with E-state index in [0.29, 0.717) is 0 Å². The quantitative estimate of drug-likeness (QED) is 0.504. The van der Waals surface area contributed by atoms with Gasteiger partial charge in [-0.2, -0.15) is 0 Å². The zero-order valence-electron chi connectivity index (χ0n) is 10.7. The Balaban J connectivity index is 2.10. The number of barbiturate groups is 1. The normalized spacial score (nSPS) is 15.2. The predicted octanol–water partition coefficient (Wildman–Crippen LogP) is 1.71. The molecule has 0 atom stereocenters. The van der Waals surface area contributed by atoms with Crippen LogP contribution in [-0.2, 0) is 9.59 Å². The first-order valence-corrected chi connectivity index (χ1v) is 7.01. The number of amides is 4. The number of carbonyl (C=O) groups is 3. The number of hydrogen-bond donors (Lipinski definition) is 2. The average Bonchev–Trinajstić information content (AvgIpc) is 2.42. The van der Waals surface area contributed by atoms with E-state index in [1.165, 1.54) is 6.08 Å². The highest BCUT2D eigenvalue weighted by molar-refractivity contribution is 7.98. The van der Waals surface area contributed by atoms with Gasteiger partial charge < -0.3 is 0 Å². The predicted molar refractivity (Wildman–Crippen MR) is 77.0 cm³/mol. The molecule has 0 saturated carbocycles. The van der Waals surface area contributed by atoms with Crippen molar-refractivity contribution in [1.29, 1.82) is 0 Å². The second-order valence-electron chi connectivity index (χ2n) is 3.95. The Labute approximate surface area is 120 Å². The molecule has 1 aliphatic heterocycles. The number of benzene rings is 1. The highest BCUT2D eigenvalue weighted by Gasteiger charge is 2.26. The maximum absolute atomic E-state index is 11.4. The molecule has 0 unspecified atom stereocenters. The van der Waals surface area contributed by atoms with Crippen molar-refractivity contribution in [2.45, 2.75) is 4.90 Å². The van der Waals surface area contributed by atoms with Gasteiger partial charge in [-0.05, 0) is 30.0 Å². The number of allylic oxidation sites excluding steroid dienone is 2. The fourth-order valence-corrected chi connectivity index (χ4v) is 2.01. The SMILES string of the molecule is CSc1ccc(/C=C/C=C2C(=O)NC(=O)NC2=O)cc1. The zero-order chi connectivity index (χ0) is 14.5. The molecule has 4 amide bonds. The summed E-state index contributed by atoms with van der Waals surface area (Å²) in [6.45, 7) is 0. The van der Waals surface area contributed by atoms with E-state index >= 15 is 0 Å². The molecule has 1 aliphatic rings. The first-order valence-electron chi connectivity index (χ1n) is 5.79. The minimum atomic E-state index is -0.797. The molecule has 1 aromatic carbocycles. The lowest BCUT2D eigenvalue weighted by Gasteiger charge is -2.12. The molecular weight excluding hydrogens is 276 g/mol. The molecule has 6 heteroatoms. The zero-order valence-corrected chi connectivity index (χ0v) is 11.5. The first kappa shape index (κ1) is 14.1. The smallest absolute Gasteiger partial charge is 0.273 e. The lowest BCUT2D eigenvalue weighted by atomic mass is 10.1. The van der Waals surface area contributed by atoms with E-state index in [2.05, 4.69) is 0 Å². The van der Waals surface area contributed by atoms with Crippen LogP contribution in [0.25, 0.3) is 6.08 Å². The van der Waals surface area contributed by atoms with Crippen LogP contribution in [0.5, 0.6) is 0 Å². The van der Waals surface area contributed by atoms with Gasteiger partial charge in [0, 0.05) is 4.90 Å². The Morgan fingerprint density at radius 1 is 1.00 bits per heavy atom. The summed E-state index contributed by atoms with van der Waals surface area (Å²) < 4.78 is 0. The second kappa shape index (κ2) is 6.21. The van der Waals surface area contributed by atoms with Crippen molar-refractivity contribution in [1.82, 2.24) is 10.6 Å². The number of nitrogens with one attached hydrogen (secondary N) is 2. The Morgan fingerprint density at radius 3 is 2.15 bits per heavy atom. The van der Waals surface area contributed by atoms with Crippen molar-refractivity contribution in [3.8, 4) is 0 Å². The second-order valence-corrected chi connectivity index (χ2v) is 4.83. The van der Waals surface area contributed by atoms with Gasteiger partial charge in [-0.3, -0.25) is 20.2 Å². The molecule has 1 aromatic rings. The number of urea groups is 1. The maximum Gasteiger partial charge on any atom is 0.328 e. The summed E-state index contributed by atoms with van der Waals surface area (Å²) in [4.78, 5) is 34.9. The van der Waals surface area contributed by atoms with Gasteiger partial charge in [0.15, 0.2) is 0 Å². The molecule has 0 spiro atoms. The van der Waals surface area contributed by atoms with Crippen LogP contribution in [0.2, 0.25) is 0 Å². The van der Waals surface area contributed by atoms with Crippen LogP contribution in [0.3, 0.4) is 0 Å². The third kappa shape index (κ3) is 3.36. The Morgan fingerprint density at radius 2 is 1.60 bits per heavy atom. The van der Waals surface area contributed by atoms with Crippen molar-refractivity contribution < 1.29 is 14.4 Å². The van der Waals surface area contributed by atoms with E-state index in [1.54, 1.807) is 23.9 Å². The van der Waals surface area contributed by atoms with Crippen LogP contribution in [0.4, 0.5) is 4.79 Å².